The predicted octanol–water partition coefficient (Wildman–Crippen LogP) is 2.61. The van der Waals surface area contributed by atoms with E-state index >= 15 is 0 Å². The van der Waals surface area contributed by atoms with Crippen LogP contribution in [0.5, 0.6) is 0 Å². The highest BCUT2D eigenvalue weighted by atomic mass is 15.2. The Labute approximate surface area is 130 Å². The Morgan fingerprint density at radius 1 is 1.19 bits per heavy atom. The van der Waals surface area contributed by atoms with Crippen LogP contribution in [0.2, 0.25) is 0 Å². The second-order valence-electron chi connectivity index (χ2n) is 6.98. The fourth-order valence-electron chi connectivity index (χ4n) is 3.70. The van der Waals surface area contributed by atoms with E-state index in [-0.39, 0.29) is 0 Å². The van der Waals surface area contributed by atoms with Gasteiger partial charge in [0.1, 0.15) is 0 Å². The van der Waals surface area contributed by atoms with Crippen molar-refractivity contribution >= 4 is 5.96 Å². The monoisotopic (exact) mass is 294 g/mol. The van der Waals surface area contributed by atoms with Crippen LogP contribution in [0.25, 0.3) is 0 Å². The maximum absolute atomic E-state index is 4.35. The van der Waals surface area contributed by atoms with Crippen LogP contribution in [0, 0.1) is 5.41 Å². The minimum atomic E-state index is 0.540. The van der Waals surface area contributed by atoms with Crippen molar-refractivity contribution in [1.29, 1.82) is 0 Å². The molecule has 2 fully saturated rings. The summed E-state index contributed by atoms with van der Waals surface area (Å²) in [4.78, 5) is 6.86. The summed E-state index contributed by atoms with van der Waals surface area (Å²) in [6.45, 7) is 5.46. The molecule has 0 aliphatic heterocycles. The van der Waals surface area contributed by atoms with Crippen LogP contribution in [-0.4, -0.2) is 50.6 Å². The number of guanidine groups is 1. The van der Waals surface area contributed by atoms with Crippen molar-refractivity contribution in [3.63, 3.8) is 0 Å². The van der Waals surface area contributed by atoms with E-state index in [0.717, 1.165) is 31.6 Å². The molecular formula is C17H34N4. The van der Waals surface area contributed by atoms with Crippen LogP contribution in [-0.2, 0) is 0 Å². The van der Waals surface area contributed by atoms with E-state index in [9.17, 15) is 0 Å². The number of hydrogen-bond donors (Lipinski definition) is 2. The molecule has 2 saturated carbocycles. The Morgan fingerprint density at radius 2 is 1.90 bits per heavy atom. The Kier molecular flexibility index (Phi) is 6.34. The number of rotatable bonds is 7. The lowest BCUT2D eigenvalue weighted by molar-refractivity contribution is 0.131. The maximum atomic E-state index is 4.35. The summed E-state index contributed by atoms with van der Waals surface area (Å²) in [5.41, 5.74) is 0.540. The summed E-state index contributed by atoms with van der Waals surface area (Å²) < 4.78 is 0. The van der Waals surface area contributed by atoms with Crippen LogP contribution in [0.4, 0.5) is 0 Å². The molecule has 0 amide bonds. The standard InChI is InChI=1S/C17H34N4/c1-4-17(10-7-11-17)14-20-16(18-2)19-12-13-21(3)15-8-5-6-9-15/h15H,4-14H2,1-3H3,(H2,18,19,20). The fourth-order valence-corrected chi connectivity index (χ4v) is 3.70. The molecule has 122 valence electrons. The van der Waals surface area contributed by atoms with E-state index in [2.05, 4.69) is 34.5 Å². The zero-order valence-electron chi connectivity index (χ0n) is 14.2. The van der Waals surface area contributed by atoms with E-state index in [1.54, 1.807) is 0 Å². The third kappa shape index (κ3) is 4.60. The maximum Gasteiger partial charge on any atom is 0.191 e. The fraction of sp³-hybridized carbons (Fsp3) is 0.941. The second-order valence-corrected chi connectivity index (χ2v) is 6.98. The Bertz CT molecular complexity index is 324. The summed E-state index contributed by atoms with van der Waals surface area (Å²) in [6.07, 6.45) is 11.0. The van der Waals surface area contributed by atoms with Gasteiger partial charge in [-0.25, -0.2) is 0 Å². The summed E-state index contributed by atoms with van der Waals surface area (Å²) in [5, 5.41) is 6.99. The molecule has 4 nitrogen and oxygen atoms in total. The van der Waals surface area contributed by atoms with Gasteiger partial charge in [0.25, 0.3) is 0 Å². The van der Waals surface area contributed by atoms with Gasteiger partial charge in [-0.15, -0.1) is 0 Å². The highest BCUT2D eigenvalue weighted by Gasteiger charge is 2.34. The molecule has 21 heavy (non-hydrogen) atoms. The van der Waals surface area contributed by atoms with Gasteiger partial charge in [0.05, 0.1) is 0 Å². The number of nitrogens with zero attached hydrogens (tertiary/aromatic N) is 2. The molecule has 0 unspecified atom stereocenters. The van der Waals surface area contributed by atoms with E-state index in [1.807, 2.05) is 7.05 Å². The van der Waals surface area contributed by atoms with Crippen molar-refractivity contribution in [2.45, 2.75) is 64.3 Å². The summed E-state index contributed by atoms with van der Waals surface area (Å²) in [6, 6.07) is 0.806. The molecule has 0 spiro atoms. The van der Waals surface area contributed by atoms with Gasteiger partial charge in [0.15, 0.2) is 5.96 Å². The zero-order chi connectivity index (χ0) is 15.1. The number of aliphatic imine (C=N–C) groups is 1. The first-order chi connectivity index (χ1) is 10.2. The van der Waals surface area contributed by atoms with Crippen LogP contribution < -0.4 is 10.6 Å². The Morgan fingerprint density at radius 3 is 2.43 bits per heavy atom. The third-order valence-electron chi connectivity index (χ3n) is 5.72. The van der Waals surface area contributed by atoms with Gasteiger partial charge in [-0.1, -0.05) is 26.2 Å². The molecule has 0 heterocycles. The van der Waals surface area contributed by atoms with Gasteiger partial charge in [-0.2, -0.15) is 0 Å². The highest BCUT2D eigenvalue weighted by Crippen LogP contribution is 2.42. The number of likely N-dealkylation sites (N-methyl/N-ethyl adjacent to an activating group) is 1. The van der Waals surface area contributed by atoms with E-state index in [1.165, 1.54) is 51.4 Å². The van der Waals surface area contributed by atoms with Crippen molar-refractivity contribution in [2.75, 3.05) is 33.7 Å². The van der Waals surface area contributed by atoms with Gasteiger partial charge < -0.3 is 15.5 Å². The molecule has 2 N–H and O–H groups in total. The van der Waals surface area contributed by atoms with E-state index in [0.29, 0.717) is 5.41 Å². The molecule has 0 bridgehead atoms. The SMILES string of the molecule is CCC1(CNC(=NC)NCCN(C)C2CCCC2)CCC1. The molecule has 0 atom stereocenters. The summed E-state index contributed by atoms with van der Waals surface area (Å²) in [7, 11) is 4.13. The topological polar surface area (TPSA) is 39.7 Å². The van der Waals surface area contributed by atoms with Gasteiger partial charge in [0, 0.05) is 32.7 Å². The number of nitrogens with one attached hydrogen (secondary N) is 2. The van der Waals surface area contributed by atoms with E-state index in [4.69, 9.17) is 0 Å². The summed E-state index contributed by atoms with van der Waals surface area (Å²) in [5.74, 6) is 0.967. The molecule has 2 rings (SSSR count). The van der Waals surface area contributed by atoms with Gasteiger partial charge in [0.2, 0.25) is 0 Å². The van der Waals surface area contributed by atoms with Crippen LogP contribution in [0.3, 0.4) is 0 Å². The lowest BCUT2D eigenvalue weighted by atomic mass is 9.67. The Balaban J connectivity index is 1.63. The van der Waals surface area contributed by atoms with Crippen LogP contribution in [0.1, 0.15) is 58.3 Å². The minimum absolute atomic E-state index is 0.540. The lowest BCUT2D eigenvalue weighted by Crippen LogP contribution is -2.47. The minimum Gasteiger partial charge on any atom is -0.356 e. The number of hydrogen-bond acceptors (Lipinski definition) is 2. The molecule has 0 aromatic heterocycles. The molecular weight excluding hydrogens is 260 g/mol. The molecule has 0 aromatic carbocycles. The van der Waals surface area contributed by atoms with E-state index < -0.39 is 0 Å². The first kappa shape index (κ1) is 16.6. The van der Waals surface area contributed by atoms with Crippen molar-refractivity contribution < 1.29 is 0 Å². The lowest BCUT2D eigenvalue weighted by Gasteiger charge is -2.41. The molecule has 2 aliphatic rings. The largest absolute Gasteiger partial charge is 0.356 e. The average molecular weight is 294 g/mol. The summed E-state index contributed by atoms with van der Waals surface area (Å²) >= 11 is 0. The van der Waals surface area contributed by atoms with Crippen molar-refractivity contribution in [3.05, 3.63) is 0 Å². The Hall–Kier alpha value is -0.770. The average Bonchev–Trinajstić information content (AvgIpc) is 2.98. The van der Waals surface area contributed by atoms with Gasteiger partial charge in [-0.3, -0.25) is 4.99 Å². The third-order valence-corrected chi connectivity index (χ3v) is 5.72. The molecule has 4 heteroatoms. The predicted molar refractivity (Wildman–Crippen MR) is 90.8 cm³/mol. The zero-order valence-corrected chi connectivity index (χ0v) is 14.2. The smallest absolute Gasteiger partial charge is 0.191 e. The molecule has 0 saturated heterocycles. The van der Waals surface area contributed by atoms with Crippen molar-refractivity contribution in [3.8, 4) is 0 Å². The van der Waals surface area contributed by atoms with Crippen LogP contribution >= 0.6 is 0 Å². The molecule has 0 radical (unpaired) electrons. The quantitative estimate of drug-likeness (QED) is 0.560. The molecule has 0 aromatic rings. The molecule has 2 aliphatic carbocycles. The van der Waals surface area contributed by atoms with Crippen molar-refractivity contribution in [2.24, 2.45) is 10.4 Å². The van der Waals surface area contributed by atoms with Crippen LogP contribution in [0.15, 0.2) is 4.99 Å². The first-order valence-corrected chi connectivity index (χ1v) is 8.84. The van der Waals surface area contributed by atoms with Crippen molar-refractivity contribution in [1.82, 2.24) is 15.5 Å². The normalized spacial score (nSPS) is 22.4. The van der Waals surface area contributed by atoms with Gasteiger partial charge >= 0.3 is 0 Å². The first-order valence-electron chi connectivity index (χ1n) is 8.84. The van der Waals surface area contributed by atoms with Gasteiger partial charge in [-0.05, 0) is 44.6 Å². The highest BCUT2D eigenvalue weighted by molar-refractivity contribution is 5.79. The second kappa shape index (κ2) is 8.02.